The van der Waals surface area contributed by atoms with Crippen LogP contribution in [0.15, 0.2) is 60.7 Å². The summed E-state index contributed by atoms with van der Waals surface area (Å²) in [5.41, 5.74) is 6.93. The number of likely N-dealkylation sites (N-methyl/N-ethyl adjacent to an activating group) is 1. The maximum atomic E-state index is 13.2. The summed E-state index contributed by atoms with van der Waals surface area (Å²) in [6.07, 6.45) is 5.77. The molecule has 4 aromatic rings. The van der Waals surface area contributed by atoms with E-state index < -0.39 is 0 Å². The number of fused-ring (bicyclic) bond motifs is 2. The van der Waals surface area contributed by atoms with Crippen LogP contribution >= 0.6 is 0 Å². The van der Waals surface area contributed by atoms with Crippen molar-refractivity contribution in [3.05, 3.63) is 94.0 Å². The first-order valence-corrected chi connectivity index (χ1v) is 22.8. The molecular weight excluding hydrogens is 845 g/mol. The Balaban J connectivity index is 0.972. The van der Waals surface area contributed by atoms with Gasteiger partial charge in [0.2, 0.25) is 0 Å². The number of hydrogen-bond donors (Lipinski definition) is 0. The van der Waals surface area contributed by atoms with Crippen LogP contribution in [0.25, 0.3) is 0 Å². The number of rotatable bonds is 24. The molecule has 3 atom stereocenters. The predicted molar refractivity (Wildman–Crippen MR) is 251 cm³/mol. The lowest BCUT2D eigenvalue weighted by molar-refractivity contribution is -0.940. The molecule has 6 rings (SSSR count). The average molecular weight is 914 g/mol. The van der Waals surface area contributed by atoms with E-state index in [2.05, 4.69) is 48.3 Å². The Kier molecular flexibility index (Phi) is 17.7. The van der Waals surface area contributed by atoms with Crippen LogP contribution in [-0.2, 0) is 44.7 Å². The molecule has 2 aliphatic rings. The van der Waals surface area contributed by atoms with E-state index >= 15 is 0 Å². The van der Waals surface area contributed by atoms with Crippen LogP contribution in [0.5, 0.6) is 46.0 Å². The van der Waals surface area contributed by atoms with Crippen LogP contribution < -0.4 is 37.9 Å². The zero-order chi connectivity index (χ0) is 47.2. The molecule has 0 amide bonds. The second-order valence-corrected chi connectivity index (χ2v) is 17.1. The molecule has 66 heavy (non-hydrogen) atoms. The van der Waals surface area contributed by atoms with Crippen molar-refractivity contribution in [3.8, 4) is 46.0 Å². The third-order valence-electron chi connectivity index (χ3n) is 13.3. The Bertz CT molecular complexity index is 2260. The first-order valence-electron chi connectivity index (χ1n) is 22.8. The number of hydrogen-bond acceptors (Lipinski definition) is 13. The van der Waals surface area contributed by atoms with Crippen LogP contribution in [0.4, 0.5) is 0 Å². The van der Waals surface area contributed by atoms with Crippen LogP contribution in [0.2, 0.25) is 0 Å². The van der Waals surface area contributed by atoms with Gasteiger partial charge in [-0.1, -0.05) is 12.1 Å². The van der Waals surface area contributed by atoms with Crippen molar-refractivity contribution in [1.29, 1.82) is 0 Å². The van der Waals surface area contributed by atoms with Crippen LogP contribution in [0.1, 0.15) is 77.6 Å². The van der Waals surface area contributed by atoms with Gasteiger partial charge in [-0.2, -0.15) is 0 Å². The van der Waals surface area contributed by atoms with Crippen molar-refractivity contribution in [3.63, 3.8) is 0 Å². The Morgan fingerprint density at radius 1 is 0.545 bits per heavy atom. The van der Waals surface area contributed by atoms with E-state index in [1.165, 1.54) is 16.7 Å². The van der Waals surface area contributed by atoms with Gasteiger partial charge < -0.3 is 51.9 Å². The normalized spacial score (nSPS) is 17.7. The van der Waals surface area contributed by atoms with Crippen molar-refractivity contribution in [1.82, 2.24) is 4.90 Å². The third kappa shape index (κ3) is 11.9. The number of carbonyl (C=O) groups is 2. The van der Waals surface area contributed by atoms with Gasteiger partial charge >= 0.3 is 11.9 Å². The number of carbonyl (C=O) groups excluding carboxylic acids is 2. The lowest BCUT2D eigenvalue weighted by atomic mass is 9.86. The average Bonchev–Trinajstić information content (AvgIpc) is 3.34. The first kappa shape index (κ1) is 49.6. The summed E-state index contributed by atoms with van der Waals surface area (Å²) >= 11 is 0. The summed E-state index contributed by atoms with van der Waals surface area (Å²) in [7, 11) is 15.4. The summed E-state index contributed by atoms with van der Waals surface area (Å²) in [5.74, 6) is 5.01. The minimum atomic E-state index is -0.233. The number of nitrogens with zero attached hydrogens (tertiary/aromatic N) is 2. The lowest BCUT2D eigenvalue weighted by Gasteiger charge is -2.46. The Labute approximate surface area is 390 Å². The van der Waals surface area contributed by atoms with Gasteiger partial charge in [0.1, 0.15) is 6.04 Å². The predicted octanol–water partition coefficient (Wildman–Crippen LogP) is 7.92. The second kappa shape index (κ2) is 23.5. The number of quaternary nitrogens is 1. The van der Waals surface area contributed by atoms with Crippen molar-refractivity contribution in [2.75, 3.05) is 103 Å². The van der Waals surface area contributed by atoms with Crippen molar-refractivity contribution >= 4 is 11.9 Å². The SMILES string of the molecule is COc1ccc(C[C@@H]2c3cc(OC)c(OC)cc3CCN2CCC(=O)OCCCCCOC(=O)CC[N@+]2(C)CCc3cc(OC)c(OC)cc3[C@@H]2Cc2ccc(OC)c(OC)c2)cc1OC. The van der Waals surface area contributed by atoms with E-state index in [4.69, 9.17) is 47.4 Å². The topological polar surface area (TPSA) is 130 Å². The van der Waals surface area contributed by atoms with E-state index in [1.807, 2.05) is 24.3 Å². The van der Waals surface area contributed by atoms with E-state index in [1.54, 1.807) is 56.9 Å². The highest BCUT2D eigenvalue weighted by Gasteiger charge is 2.40. The highest BCUT2D eigenvalue weighted by atomic mass is 16.5. The van der Waals surface area contributed by atoms with E-state index in [0.717, 1.165) is 55.5 Å². The van der Waals surface area contributed by atoms with Crippen LogP contribution in [0, 0.1) is 0 Å². The van der Waals surface area contributed by atoms with Crippen molar-refractivity contribution < 1.29 is 61.4 Å². The van der Waals surface area contributed by atoms with Crippen LogP contribution in [-0.4, -0.2) is 125 Å². The molecule has 0 N–H and O–H groups in total. The summed E-state index contributed by atoms with van der Waals surface area (Å²) in [6.45, 7) is 3.43. The smallest absolute Gasteiger partial charge is 0.311 e. The molecule has 0 radical (unpaired) electrons. The second-order valence-electron chi connectivity index (χ2n) is 17.1. The number of unbranched alkanes of at least 4 members (excludes halogenated alkanes) is 2. The highest BCUT2D eigenvalue weighted by molar-refractivity contribution is 5.70. The monoisotopic (exact) mass is 913 g/mol. The van der Waals surface area contributed by atoms with Gasteiger partial charge in [0, 0.05) is 37.5 Å². The Morgan fingerprint density at radius 3 is 1.56 bits per heavy atom. The molecule has 14 heteroatoms. The fourth-order valence-electron chi connectivity index (χ4n) is 9.46. The molecule has 0 saturated heterocycles. The number of ether oxygens (including phenoxy) is 10. The molecule has 0 aromatic heterocycles. The fraction of sp³-hybridized carbons (Fsp3) is 0.500. The molecule has 358 valence electrons. The number of methoxy groups -OCH3 is 8. The number of esters is 2. The molecule has 2 aliphatic heterocycles. The van der Waals surface area contributed by atoms with Crippen molar-refractivity contribution in [2.45, 2.75) is 69.9 Å². The van der Waals surface area contributed by atoms with Gasteiger partial charge in [0.25, 0.3) is 0 Å². The minimum Gasteiger partial charge on any atom is -0.493 e. The van der Waals surface area contributed by atoms with E-state index in [-0.39, 0.29) is 30.4 Å². The summed E-state index contributed by atoms with van der Waals surface area (Å²) in [5, 5.41) is 0. The summed E-state index contributed by atoms with van der Waals surface area (Å²) < 4.78 is 57.0. The standard InChI is InChI=1S/C52H69N2O12/c1-54(23-19-38-32-48(62-7)50(64-9)34-40(38)42(54)28-36-14-16-44(58-3)46(30-36)60-5)24-20-52(56)66-26-12-10-11-25-65-51(55)18-22-53-21-17-37-31-47(61-6)49(63-8)33-39(37)41(53)27-35-13-15-43(57-2)45(29-35)59-4/h13-16,29-34,41-42H,10-12,17-28H2,1-9H3/q+1/t41-,42+,54+/m1/s1. The molecule has 0 saturated carbocycles. The molecule has 2 heterocycles. The van der Waals surface area contributed by atoms with Gasteiger partial charge in [0.05, 0.1) is 103 Å². The first-order chi connectivity index (χ1) is 32.0. The van der Waals surface area contributed by atoms with Crippen molar-refractivity contribution in [2.24, 2.45) is 0 Å². The van der Waals surface area contributed by atoms with Gasteiger partial charge in [-0.25, -0.2) is 0 Å². The Hall–Kier alpha value is -5.86. The molecule has 0 spiro atoms. The van der Waals surface area contributed by atoms with Gasteiger partial charge in [-0.15, -0.1) is 0 Å². The fourth-order valence-corrected chi connectivity index (χ4v) is 9.46. The molecule has 0 aliphatic carbocycles. The molecule has 14 nitrogen and oxygen atoms in total. The maximum absolute atomic E-state index is 13.2. The van der Waals surface area contributed by atoms with E-state index in [0.29, 0.717) is 102 Å². The van der Waals surface area contributed by atoms with E-state index in [9.17, 15) is 9.59 Å². The molecule has 0 bridgehead atoms. The third-order valence-corrected chi connectivity index (χ3v) is 13.3. The molecule has 0 unspecified atom stereocenters. The summed E-state index contributed by atoms with van der Waals surface area (Å²) in [4.78, 5) is 28.6. The zero-order valence-corrected chi connectivity index (χ0v) is 40.3. The van der Waals surface area contributed by atoms with Gasteiger partial charge in [0.15, 0.2) is 46.0 Å². The van der Waals surface area contributed by atoms with Gasteiger partial charge in [-0.3, -0.25) is 14.5 Å². The Morgan fingerprint density at radius 2 is 1.02 bits per heavy atom. The quantitative estimate of drug-likeness (QED) is 0.0384. The largest absolute Gasteiger partial charge is 0.493 e. The highest BCUT2D eigenvalue weighted by Crippen LogP contribution is 2.44. The van der Waals surface area contributed by atoms with Crippen LogP contribution in [0.3, 0.4) is 0 Å². The molecule has 4 aromatic carbocycles. The summed E-state index contributed by atoms with van der Waals surface area (Å²) in [6, 6.07) is 20.3. The molecule has 0 fully saturated rings. The minimum absolute atomic E-state index is 0.0116. The maximum Gasteiger partial charge on any atom is 0.311 e. The molecular formula is C52H69N2O12+. The zero-order valence-electron chi connectivity index (χ0n) is 40.3. The van der Waals surface area contributed by atoms with Gasteiger partial charge in [-0.05, 0) is 108 Å². The number of benzene rings is 4. The lowest BCUT2D eigenvalue weighted by Crippen LogP contribution is -2.53.